The van der Waals surface area contributed by atoms with Gasteiger partial charge in [0.25, 0.3) is 0 Å². The smallest absolute Gasteiger partial charge is 0.336 e. The van der Waals surface area contributed by atoms with E-state index in [9.17, 15) is 24.3 Å². The molecule has 4 fully saturated rings. The summed E-state index contributed by atoms with van der Waals surface area (Å²) in [6.07, 6.45) is 0.793. The van der Waals surface area contributed by atoms with Gasteiger partial charge in [0.2, 0.25) is 23.6 Å². The molecular weight excluding hydrogens is 660 g/mol. The fraction of sp³-hybridized carbons (Fsp3) is 0.611. The largest absolute Gasteiger partial charge is 0.475 e. The lowest BCUT2D eigenvalue weighted by Gasteiger charge is -2.27. The van der Waals surface area contributed by atoms with Crippen LogP contribution in [0.3, 0.4) is 0 Å². The van der Waals surface area contributed by atoms with Crippen LogP contribution in [0.25, 0.3) is 0 Å². The van der Waals surface area contributed by atoms with Gasteiger partial charge in [-0.1, -0.05) is 12.1 Å². The molecule has 2 saturated heterocycles. The second-order valence-corrected chi connectivity index (χ2v) is 15.5. The van der Waals surface area contributed by atoms with E-state index in [-0.39, 0.29) is 50.0 Å². The second kappa shape index (κ2) is 13.7. The van der Waals surface area contributed by atoms with E-state index in [4.69, 9.17) is 18.9 Å². The number of hydrogen-bond donors (Lipinski definition) is 5. The molecule has 2 aliphatic carbocycles. The zero-order valence-electron chi connectivity index (χ0n) is 29.9. The van der Waals surface area contributed by atoms with Crippen LogP contribution >= 0.6 is 0 Å². The van der Waals surface area contributed by atoms with Crippen molar-refractivity contribution in [1.82, 2.24) is 31.2 Å². The predicted octanol–water partition coefficient (Wildman–Crippen LogP) is 0.354. The minimum Gasteiger partial charge on any atom is -0.475 e. The number of nitrogens with zero attached hydrogens (tertiary/aromatic N) is 2. The number of aromatic nitrogens is 2. The van der Waals surface area contributed by atoms with Gasteiger partial charge in [-0.15, -0.1) is 0 Å². The van der Waals surface area contributed by atoms with Gasteiger partial charge in [-0.05, 0) is 53.7 Å². The van der Waals surface area contributed by atoms with Gasteiger partial charge in [0.15, 0.2) is 6.10 Å². The SMILES string of the molecule is Cc1cccnc1OCC(C)(C)NC(=O)[C@H]1[C@@H]2CNC[C@]21OC(=O)CC(O)C(=O)O[C@@]12CNC[C@H]1[C@@H]2C(=O)NC(C)(C)COc1ncccc1C. The molecule has 0 bridgehead atoms. The van der Waals surface area contributed by atoms with Crippen molar-refractivity contribution in [3.05, 3.63) is 47.8 Å². The molecule has 0 spiro atoms. The number of carbonyl (C=O) groups is 4. The van der Waals surface area contributed by atoms with Gasteiger partial charge in [-0.25, -0.2) is 14.8 Å². The third-order valence-electron chi connectivity index (χ3n) is 10.2. The molecule has 4 heterocycles. The topological polar surface area (TPSA) is 199 Å². The zero-order chi connectivity index (χ0) is 36.8. The Morgan fingerprint density at radius 2 is 1.27 bits per heavy atom. The van der Waals surface area contributed by atoms with Crippen molar-refractivity contribution in [2.24, 2.45) is 23.7 Å². The first-order valence-corrected chi connectivity index (χ1v) is 17.3. The molecule has 2 aromatic heterocycles. The number of esters is 2. The highest BCUT2D eigenvalue weighted by atomic mass is 16.6. The average Bonchev–Trinajstić information content (AvgIpc) is 3.69. The lowest BCUT2D eigenvalue weighted by Crippen LogP contribution is -2.50. The van der Waals surface area contributed by atoms with E-state index in [1.807, 2.05) is 65.8 Å². The maximum atomic E-state index is 13.4. The molecular formula is C36H48N6O9. The van der Waals surface area contributed by atoms with E-state index in [0.29, 0.717) is 24.8 Å². The first-order valence-electron chi connectivity index (χ1n) is 17.3. The van der Waals surface area contributed by atoms with E-state index in [2.05, 4.69) is 31.2 Å². The number of ether oxygens (including phenoxy) is 4. The number of hydrogen-bond acceptors (Lipinski definition) is 13. The summed E-state index contributed by atoms with van der Waals surface area (Å²) < 4.78 is 23.3. The molecule has 0 radical (unpaired) electrons. The first kappa shape index (κ1) is 36.5. The lowest BCUT2D eigenvalue weighted by atomic mass is 10.1. The summed E-state index contributed by atoms with van der Waals surface area (Å²) in [4.78, 5) is 61.4. The van der Waals surface area contributed by atoms with Crippen LogP contribution in [0, 0.1) is 37.5 Å². The molecule has 2 saturated carbocycles. The van der Waals surface area contributed by atoms with Crippen molar-refractivity contribution in [2.75, 3.05) is 39.4 Å². The normalized spacial score (nSPS) is 28.1. The number of carbonyl (C=O) groups excluding carboxylic acids is 4. The van der Waals surface area contributed by atoms with Crippen molar-refractivity contribution >= 4 is 23.8 Å². The molecule has 2 aliphatic heterocycles. The quantitative estimate of drug-likeness (QED) is 0.159. The summed E-state index contributed by atoms with van der Waals surface area (Å²) in [5, 5.41) is 23.0. The average molecular weight is 709 g/mol. The van der Waals surface area contributed by atoms with Crippen LogP contribution in [-0.2, 0) is 28.7 Å². The molecule has 15 heteroatoms. The number of rotatable bonds is 15. The molecule has 51 heavy (non-hydrogen) atoms. The monoisotopic (exact) mass is 708 g/mol. The van der Waals surface area contributed by atoms with E-state index in [1.54, 1.807) is 12.4 Å². The van der Waals surface area contributed by atoms with Crippen molar-refractivity contribution < 1.29 is 43.2 Å². The van der Waals surface area contributed by atoms with E-state index in [0.717, 1.165) is 11.1 Å². The molecule has 6 rings (SSSR count). The highest BCUT2D eigenvalue weighted by Gasteiger charge is 2.75. The Labute approximate surface area is 296 Å². The van der Waals surface area contributed by atoms with Gasteiger partial charge in [0.05, 0.1) is 29.3 Å². The number of piperidine rings is 2. The van der Waals surface area contributed by atoms with Crippen LogP contribution in [-0.4, -0.2) is 107 Å². The predicted molar refractivity (Wildman–Crippen MR) is 181 cm³/mol. The van der Waals surface area contributed by atoms with E-state index in [1.165, 1.54) is 0 Å². The fourth-order valence-corrected chi connectivity index (χ4v) is 7.44. The second-order valence-electron chi connectivity index (χ2n) is 15.5. The number of aliphatic hydroxyl groups is 1. The van der Waals surface area contributed by atoms with Gasteiger partial charge in [-0.2, -0.15) is 0 Å². The third kappa shape index (κ3) is 7.51. The Kier molecular flexibility index (Phi) is 9.76. The minimum atomic E-state index is -1.81. The van der Waals surface area contributed by atoms with Gasteiger partial charge in [0.1, 0.15) is 24.4 Å². The molecule has 2 aromatic rings. The Morgan fingerprint density at radius 3 is 1.73 bits per heavy atom. The molecule has 0 aromatic carbocycles. The van der Waals surface area contributed by atoms with Crippen LogP contribution in [0.1, 0.15) is 45.2 Å². The van der Waals surface area contributed by atoms with Gasteiger partial charge >= 0.3 is 11.9 Å². The molecule has 4 aliphatic rings. The van der Waals surface area contributed by atoms with E-state index < -0.39 is 58.6 Å². The first-order chi connectivity index (χ1) is 24.1. The molecule has 276 valence electrons. The Hall–Kier alpha value is -4.34. The van der Waals surface area contributed by atoms with Crippen LogP contribution in [0.2, 0.25) is 0 Å². The van der Waals surface area contributed by atoms with Crippen molar-refractivity contribution in [3.8, 4) is 11.8 Å². The van der Waals surface area contributed by atoms with Crippen molar-refractivity contribution in [3.63, 3.8) is 0 Å². The van der Waals surface area contributed by atoms with Gasteiger partial charge in [-0.3, -0.25) is 14.4 Å². The van der Waals surface area contributed by atoms with Crippen molar-refractivity contribution in [2.45, 2.75) is 76.3 Å². The Balaban J connectivity index is 0.987. The summed E-state index contributed by atoms with van der Waals surface area (Å²) in [7, 11) is 0. The number of aryl methyl sites for hydroxylation is 2. The van der Waals surface area contributed by atoms with Crippen LogP contribution < -0.4 is 30.7 Å². The van der Waals surface area contributed by atoms with Crippen LogP contribution in [0.15, 0.2) is 36.7 Å². The number of fused-ring (bicyclic) bond motifs is 2. The van der Waals surface area contributed by atoms with Gasteiger partial charge < -0.3 is 45.3 Å². The molecule has 5 N–H and O–H groups in total. The third-order valence-corrected chi connectivity index (χ3v) is 10.2. The fourth-order valence-electron chi connectivity index (χ4n) is 7.44. The summed E-state index contributed by atoms with van der Waals surface area (Å²) in [5.74, 6) is -3.22. The highest BCUT2D eigenvalue weighted by Crippen LogP contribution is 2.57. The van der Waals surface area contributed by atoms with Crippen LogP contribution in [0.5, 0.6) is 11.8 Å². The van der Waals surface area contributed by atoms with Crippen LogP contribution in [0.4, 0.5) is 0 Å². The molecule has 7 atom stereocenters. The van der Waals surface area contributed by atoms with Gasteiger partial charge in [0, 0.05) is 61.5 Å². The summed E-state index contributed by atoms with van der Waals surface area (Å²) in [5.41, 5.74) is -1.97. The minimum absolute atomic E-state index is 0.165. The van der Waals surface area contributed by atoms with E-state index >= 15 is 0 Å². The maximum absolute atomic E-state index is 13.4. The molecule has 1 unspecified atom stereocenters. The number of aliphatic hydroxyl groups excluding tert-OH is 1. The number of amides is 2. The lowest BCUT2D eigenvalue weighted by molar-refractivity contribution is -0.169. The number of nitrogens with one attached hydrogen (secondary N) is 4. The number of pyridine rings is 2. The highest BCUT2D eigenvalue weighted by molar-refractivity contribution is 5.89. The summed E-state index contributed by atoms with van der Waals surface area (Å²) in [6.45, 7) is 12.9. The molecule has 2 amide bonds. The standard InChI is InChI=1S/C36H48N6O9/c1-20-9-7-11-39-30(20)48-18-33(3,4)41-28(45)26-22-14-37-16-35(22,26)50-25(44)13-24(43)32(47)51-36-17-38-15-23(36)27(36)29(46)42-34(5,6)19-49-31-21(2)10-8-12-40-31/h7-12,22-24,26-27,37-38,43H,13-19H2,1-6H3,(H,41,45)(H,42,46)/t22-,23-,24?,26+,27+,35-,36-/m0/s1. The summed E-state index contributed by atoms with van der Waals surface area (Å²) >= 11 is 0. The Bertz CT molecular complexity index is 1690. The maximum Gasteiger partial charge on any atom is 0.336 e. The summed E-state index contributed by atoms with van der Waals surface area (Å²) in [6, 6.07) is 7.40. The van der Waals surface area contributed by atoms with Crippen molar-refractivity contribution in [1.29, 1.82) is 0 Å². The Morgan fingerprint density at radius 1 is 0.824 bits per heavy atom. The molecule has 15 nitrogen and oxygen atoms in total. The zero-order valence-corrected chi connectivity index (χ0v) is 29.9.